The zero-order chi connectivity index (χ0) is 17.4. The zero-order valence-electron chi connectivity index (χ0n) is 14.9. The van der Waals surface area contributed by atoms with Crippen LogP contribution in [0.1, 0.15) is 18.2 Å². The van der Waals surface area contributed by atoms with E-state index in [-0.39, 0.29) is 6.03 Å². The third-order valence-corrected chi connectivity index (χ3v) is 5.34. The standard InChI is InChI=1S/C17H25N7O/c1-20-7-8-23(17(20)25)16-10-19-24(12-16)15-4-6-22(11-15)5-3-14-9-18-13-21(14)2/h9-10,12-13,15H,3-8,11H2,1-2H3. The van der Waals surface area contributed by atoms with Gasteiger partial charge < -0.3 is 14.4 Å². The normalized spacial score (nSPS) is 21.7. The van der Waals surface area contributed by atoms with Crippen molar-refractivity contribution in [1.29, 1.82) is 0 Å². The average Bonchev–Trinajstić information content (AvgIpc) is 3.35. The number of hydrogen-bond acceptors (Lipinski definition) is 4. The van der Waals surface area contributed by atoms with Gasteiger partial charge in [0.2, 0.25) is 0 Å². The number of aryl methyl sites for hydroxylation is 1. The van der Waals surface area contributed by atoms with Gasteiger partial charge >= 0.3 is 6.03 Å². The van der Waals surface area contributed by atoms with Crippen molar-refractivity contribution in [2.24, 2.45) is 7.05 Å². The number of hydrogen-bond donors (Lipinski definition) is 0. The first-order chi connectivity index (χ1) is 12.1. The van der Waals surface area contributed by atoms with Gasteiger partial charge in [-0.05, 0) is 6.42 Å². The number of imidazole rings is 1. The van der Waals surface area contributed by atoms with Crippen molar-refractivity contribution in [3.05, 3.63) is 30.6 Å². The fraction of sp³-hybridized carbons (Fsp3) is 0.588. The van der Waals surface area contributed by atoms with E-state index in [9.17, 15) is 4.79 Å². The molecule has 0 N–H and O–H groups in total. The number of aromatic nitrogens is 4. The van der Waals surface area contributed by atoms with E-state index in [1.165, 1.54) is 5.69 Å². The first-order valence-electron chi connectivity index (χ1n) is 8.86. The van der Waals surface area contributed by atoms with Gasteiger partial charge in [0.1, 0.15) is 0 Å². The van der Waals surface area contributed by atoms with Gasteiger partial charge in [-0.2, -0.15) is 5.10 Å². The minimum absolute atomic E-state index is 0.0591. The number of urea groups is 1. The van der Waals surface area contributed by atoms with E-state index in [2.05, 4.69) is 19.5 Å². The summed E-state index contributed by atoms with van der Waals surface area (Å²) in [7, 11) is 3.88. The molecule has 0 spiro atoms. The summed E-state index contributed by atoms with van der Waals surface area (Å²) >= 11 is 0. The van der Waals surface area contributed by atoms with E-state index in [0.29, 0.717) is 6.04 Å². The number of nitrogens with zero attached hydrogens (tertiary/aromatic N) is 7. The molecule has 4 heterocycles. The molecule has 2 amide bonds. The first kappa shape index (κ1) is 16.1. The van der Waals surface area contributed by atoms with E-state index in [4.69, 9.17) is 0 Å². The topological polar surface area (TPSA) is 62.4 Å². The third kappa shape index (κ3) is 3.13. The van der Waals surface area contributed by atoms with E-state index < -0.39 is 0 Å². The van der Waals surface area contributed by atoms with Gasteiger partial charge in [-0.25, -0.2) is 9.78 Å². The Kier molecular flexibility index (Phi) is 4.20. The molecule has 25 heavy (non-hydrogen) atoms. The molecule has 0 radical (unpaired) electrons. The molecule has 2 aliphatic heterocycles. The number of likely N-dealkylation sites (N-methyl/N-ethyl adjacent to an activating group) is 1. The van der Waals surface area contributed by atoms with Gasteiger partial charge in [-0.15, -0.1) is 0 Å². The monoisotopic (exact) mass is 343 g/mol. The average molecular weight is 343 g/mol. The molecule has 2 saturated heterocycles. The molecule has 1 atom stereocenters. The van der Waals surface area contributed by atoms with E-state index in [1.54, 1.807) is 9.80 Å². The van der Waals surface area contributed by atoms with Crippen LogP contribution >= 0.6 is 0 Å². The second kappa shape index (κ2) is 6.51. The summed E-state index contributed by atoms with van der Waals surface area (Å²) in [5.74, 6) is 0. The third-order valence-electron chi connectivity index (χ3n) is 5.34. The molecule has 2 aromatic rings. The van der Waals surface area contributed by atoms with Gasteiger partial charge in [-0.3, -0.25) is 9.58 Å². The second-order valence-electron chi connectivity index (χ2n) is 7.02. The van der Waals surface area contributed by atoms with E-state index >= 15 is 0 Å². The predicted octanol–water partition coefficient (Wildman–Crippen LogP) is 0.978. The summed E-state index contributed by atoms with van der Waals surface area (Å²) < 4.78 is 4.11. The summed E-state index contributed by atoms with van der Waals surface area (Å²) in [6.07, 6.45) is 9.74. The maximum atomic E-state index is 12.1. The largest absolute Gasteiger partial charge is 0.338 e. The van der Waals surface area contributed by atoms with E-state index in [1.807, 2.05) is 43.7 Å². The van der Waals surface area contributed by atoms with Crippen molar-refractivity contribution in [2.75, 3.05) is 44.7 Å². The fourth-order valence-corrected chi connectivity index (χ4v) is 3.68. The molecule has 0 bridgehead atoms. The van der Waals surface area contributed by atoms with Crippen LogP contribution in [0, 0.1) is 0 Å². The van der Waals surface area contributed by atoms with Crippen LogP contribution in [0.4, 0.5) is 10.5 Å². The second-order valence-corrected chi connectivity index (χ2v) is 7.02. The van der Waals surface area contributed by atoms with Crippen molar-refractivity contribution >= 4 is 11.7 Å². The Bertz CT molecular complexity index is 752. The lowest BCUT2D eigenvalue weighted by Crippen LogP contribution is -2.28. The number of carbonyl (C=O) groups excluding carboxylic acids is 1. The number of anilines is 1. The molecule has 2 aliphatic rings. The summed E-state index contributed by atoms with van der Waals surface area (Å²) in [4.78, 5) is 22.3. The van der Waals surface area contributed by atoms with Crippen molar-refractivity contribution in [3.8, 4) is 0 Å². The Balaban J connectivity index is 1.34. The SMILES string of the molecule is CN1CCN(c2cnn(C3CCN(CCc4cncn4C)C3)c2)C1=O. The number of amides is 2. The van der Waals surface area contributed by atoms with E-state index in [0.717, 1.165) is 51.3 Å². The molecule has 8 heteroatoms. The molecular formula is C17H25N7O. The summed E-state index contributed by atoms with van der Waals surface area (Å²) in [6, 6.07) is 0.444. The van der Waals surface area contributed by atoms with Gasteiger partial charge in [0.15, 0.2) is 0 Å². The molecule has 2 fully saturated rings. The summed E-state index contributed by atoms with van der Waals surface area (Å²) in [5.41, 5.74) is 2.17. The molecular weight excluding hydrogens is 318 g/mol. The molecule has 1 unspecified atom stereocenters. The van der Waals surface area contributed by atoms with Gasteiger partial charge in [0, 0.05) is 71.3 Å². The minimum atomic E-state index is 0.0591. The maximum absolute atomic E-state index is 12.1. The lowest BCUT2D eigenvalue weighted by atomic mass is 10.3. The molecule has 0 aromatic carbocycles. The molecule has 8 nitrogen and oxygen atoms in total. The predicted molar refractivity (Wildman–Crippen MR) is 94.6 cm³/mol. The number of likely N-dealkylation sites (tertiary alicyclic amines) is 1. The highest BCUT2D eigenvalue weighted by atomic mass is 16.2. The highest BCUT2D eigenvalue weighted by molar-refractivity contribution is 5.93. The summed E-state index contributed by atoms with van der Waals surface area (Å²) in [6.45, 7) is 4.65. The smallest absolute Gasteiger partial charge is 0.324 e. The van der Waals surface area contributed by atoms with Crippen LogP contribution < -0.4 is 4.90 Å². The van der Waals surface area contributed by atoms with Crippen molar-refractivity contribution in [2.45, 2.75) is 18.9 Å². The Morgan fingerprint density at radius 3 is 2.80 bits per heavy atom. The van der Waals surface area contributed by atoms with Gasteiger partial charge in [0.25, 0.3) is 0 Å². The summed E-state index contributed by atoms with van der Waals surface area (Å²) in [5, 5.41) is 4.52. The Morgan fingerprint density at radius 2 is 2.08 bits per heavy atom. The van der Waals surface area contributed by atoms with Crippen molar-refractivity contribution in [3.63, 3.8) is 0 Å². The Labute approximate surface area is 147 Å². The lowest BCUT2D eigenvalue weighted by Gasteiger charge is -2.16. The van der Waals surface area contributed by atoms with Crippen LogP contribution in [0.2, 0.25) is 0 Å². The Hall–Kier alpha value is -2.35. The number of carbonyl (C=O) groups is 1. The Morgan fingerprint density at radius 1 is 1.20 bits per heavy atom. The molecule has 0 aliphatic carbocycles. The highest BCUT2D eigenvalue weighted by Crippen LogP contribution is 2.25. The fourth-order valence-electron chi connectivity index (χ4n) is 3.68. The maximum Gasteiger partial charge on any atom is 0.324 e. The van der Waals surface area contributed by atoms with Crippen LogP contribution in [-0.2, 0) is 13.5 Å². The van der Waals surface area contributed by atoms with Crippen LogP contribution in [0.25, 0.3) is 0 Å². The van der Waals surface area contributed by atoms with Crippen LogP contribution in [0.5, 0.6) is 0 Å². The van der Waals surface area contributed by atoms with Crippen LogP contribution in [0.3, 0.4) is 0 Å². The van der Waals surface area contributed by atoms with Crippen molar-refractivity contribution < 1.29 is 4.79 Å². The lowest BCUT2D eigenvalue weighted by molar-refractivity contribution is 0.229. The number of rotatable bonds is 5. The molecule has 0 saturated carbocycles. The zero-order valence-corrected chi connectivity index (χ0v) is 14.9. The quantitative estimate of drug-likeness (QED) is 0.812. The van der Waals surface area contributed by atoms with Gasteiger partial charge in [0.05, 0.1) is 24.3 Å². The minimum Gasteiger partial charge on any atom is -0.338 e. The highest BCUT2D eigenvalue weighted by Gasteiger charge is 2.29. The van der Waals surface area contributed by atoms with Crippen LogP contribution in [-0.4, -0.2) is 74.9 Å². The molecule has 4 rings (SSSR count). The van der Waals surface area contributed by atoms with Crippen molar-refractivity contribution in [1.82, 2.24) is 29.1 Å². The first-order valence-corrected chi connectivity index (χ1v) is 8.86. The van der Waals surface area contributed by atoms with Crippen LogP contribution in [0.15, 0.2) is 24.9 Å². The van der Waals surface area contributed by atoms with Gasteiger partial charge in [-0.1, -0.05) is 0 Å². The molecule has 2 aromatic heterocycles. The molecule has 134 valence electrons.